The molecular weight excluding hydrogens is 232 g/mol. The molecule has 2 aliphatic heterocycles. The number of piperidine rings is 1. The van der Waals surface area contributed by atoms with Gasteiger partial charge < -0.3 is 20.1 Å². The Morgan fingerprint density at radius 3 is 3.06 bits per heavy atom. The maximum Gasteiger partial charge on any atom is 0.224 e. The van der Waals surface area contributed by atoms with Crippen molar-refractivity contribution in [3.05, 3.63) is 0 Å². The summed E-state index contributed by atoms with van der Waals surface area (Å²) in [7, 11) is 0. The Balaban J connectivity index is 1.84. The zero-order valence-corrected chi connectivity index (χ0v) is 10.9. The molecule has 0 bridgehead atoms. The lowest BCUT2D eigenvalue weighted by Crippen LogP contribution is -2.49. The molecule has 0 aromatic carbocycles. The van der Waals surface area contributed by atoms with E-state index in [9.17, 15) is 4.79 Å². The molecule has 5 nitrogen and oxygen atoms in total. The van der Waals surface area contributed by atoms with Gasteiger partial charge in [0.15, 0.2) is 0 Å². The summed E-state index contributed by atoms with van der Waals surface area (Å²) < 4.78 is 5.37. The number of morpholine rings is 1. The minimum absolute atomic E-state index is 0.156. The van der Waals surface area contributed by atoms with Gasteiger partial charge in [-0.1, -0.05) is 0 Å². The number of carbonyl (C=O) groups is 1. The molecule has 0 aliphatic carbocycles. The van der Waals surface area contributed by atoms with Gasteiger partial charge in [0.05, 0.1) is 13.2 Å². The molecule has 0 radical (unpaired) electrons. The number of hydrogen-bond acceptors (Lipinski definition) is 4. The molecule has 2 aliphatic rings. The summed E-state index contributed by atoms with van der Waals surface area (Å²) >= 11 is 0. The first-order valence-corrected chi connectivity index (χ1v) is 7.02. The quantitative estimate of drug-likeness (QED) is 0.750. The van der Waals surface area contributed by atoms with Crippen molar-refractivity contribution in [2.75, 3.05) is 32.9 Å². The first kappa shape index (κ1) is 13.8. The highest BCUT2D eigenvalue weighted by molar-refractivity contribution is 5.77. The van der Waals surface area contributed by atoms with Crippen LogP contribution in [0.2, 0.25) is 0 Å². The van der Waals surface area contributed by atoms with Crippen LogP contribution in [0.4, 0.5) is 0 Å². The van der Waals surface area contributed by atoms with E-state index in [1.807, 2.05) is 4.90 Å². The number of carbonyl (C=O) groups excluding carboxylic acids is 1. The largest absolute Gasteiger partial charge is 0.396 e. The van der Waals surface area contributed by atoms with Crippen LogP contribution in [0.15, 0.2) is 0 Å². The van der Waals surface area contributed by atoms with Gasteiger partial charge >= 0.3 is 0 Å². The van der Waals surface area contributed by atoms with Crippen molar-refractivity contribution in [2.24, 2.45) is 0 Å². The zero-order chi connectivity index (χ0) is 12.8. The number of aliphatic hydroxyl groups is 1. The van der Waals surface area contributed by atoms with Gasteiger partial charge in [0.1, 0.15) is 0 Å². The molecule has 2 rings (SSSR count). The third-order valence-electron chi connectivity index (χ3n) is 3.83. The number of nitrogens with one attached hydrogen (secondary N) is 1. The van der Waals surface area contributed by atoms with Gasteiger partial charge in [0, 0.05) is 38.2 Å². The van der Waals surface area contributed by atoms with Gasteiger partial charge in [-0.3, -0.25) is 4.79 Å². The van der Waals surface area contributed by atoms with E-state index in [0.29, 0.717) is 19.4 Å². The van der Waals surface area contributed by atoms with Gasteiger partial charge in [0.25, 0.3) is 0 Å². The van der Waals surface area contributed by atoms with Crippen LogP contribution in [0.3, 0.4) is 0 Å². The topological polar surface area (TPSA) is 61.8 Å². The Morgan fingerprint density at radius 1 is 1.44 bits per heavy atom. The maximum absolute atomic E-state index is 12.3. The highest BCUT2D eigenvalue weighted by atomic mass is 16.5. The molecule has 2 unspecified atom stereocenters. The van der Waals surface area contributed by atoms with Crippen molar-refractivity contribution in [3.8, 4) is 0 Å². The van der Waals surface area contributed by atoms with E-state index in [-0.39, 0.29) is 24.6 Å². The van der Waals surface area contributed by atoms with Crippen LogP contribution in [0.1, 0.15) is 32.1 Å². The van der Waals surface area contributed by atoms with Crippen LogP contribution in [0.25, 0.3) is 0 Å². The lowest BCUT2D eigenvalue weighted by atomic mass is 9.98. The summed E-state index contributed by atoms with van der Waals surface area (Å²) in [5.41, 5.74) is 0. The fraction of sp³-hybridized carbons (Fsp3) is 0.923. The van der Waals surface area contributed by atoms with E-state index in [0.717, 1.165) is 32.5 Å². The average Bonchev–Trinajstić information content (AvgIpc) is 2.41. The molecule has 2 N–H and O–H groups in total. The predicted octanol–water partition coefficient (Wildman–Crippen LogP) is 0.128. The van der Waals surface area contributed by atoms with Crippen molar-refractivity contribution in [1.82, 2.24) is 10.2 Å². The van der Waals surface area contributed by atoms with Crippen LogP contribution in [0, 0.1) is 0 Å². The van der Waals surface area contributed by atoms with Crippen LogP contribution >= 0.6 is 0 Å². The third-order valence-corrected chi connectivity index (χ3v) is 3.83. The first-order chi connectivity index (χ1) is 8.81. The molecule has 0 saturated carbocycles. The minimum Gasteiger partial charge on any atom is -0.396 e. The van der Waals surface area contributed by atoms with Crippen LogP contribution in [-0.4, -0.2) is 60.9 Å². The lowest BCUT2D eigenvalue weighted by Gasteiger charge is -2.37. The fourth-order valence-electron chi connectivity index (χ4n) is 2.86. The molecule has 2 saturated heterocycles. The van der Waals surface area contributed by atoms with Crippen molar-refractivity contribution in [2.45, 2.75) is 44.2 Å². The van der Waals surface area contributed by atoms with E-state index in [1.54, 1.807) is 0 Å². The number of rotatable bonds is 4. The van der Waals surface area contributed by atoms with Gasteiger partial charge in [-0.25, -0.2) is 0 Å². The summed E-state index contributed by atoms with van der Waals surface area (Å²) in [6, 6.07) is 0.392. The highest BCUT2D eigenvalue weighted by Crippen LogP contribution is 2.20. The van der Waals surface area contributed by atoms with Crippen molar-refractivity contribution < 1.29 is 14.6 Å². The average molecular weight is 256 g/mol. The minimum atomic E-state index is 0.156. The van der Waals surface area contributed by atoms with E-state index in [4.69, 9.17) is 9.84 Å². The van der Waals surface area contributed by atoms with Gasteiger partial charge in [0.2, 0.25) is 5.91 Å². The van der Waals surface area contributed by atoms with Gasteiger partial charge in [-0.05, 0) is 25.7 Å². The molecule has 104 valence electrons. The molecule has 1 amide bonds. The molecule has 0 aromatic heterocycles. The Morgan fingerprint density at radius 2 is 2.33 bits per heavy atom. The second kappa shape index (κ2) is 7.07. The SMILES string of the molecule is O=C(CC1COCCN1)N1CCCCC1CCO. The van der Waals surface area contributed by atoms with Crippen LogP contribution in [-0.2, 0) is 9.53 Å². The molecule has 18 heavy (non-hydrogen) atoms. The van der Waals surface area contributed by atoms with Crippen molar-refractivity contribution in [3.63, 3.8) is 0 Å². The zero-order valence-electron chi connectivity index (χ0n) is 10.9. The fourth-order valence-corrected chi connectivity index (χ4v) is 2.86. The molecular formula is C13H24N2O3. The molecule has 5 heteroatoms. The first-order valence-electron chi connectivity index (χ1n) is 7.02. The number of amides is 1. The normalized spacial score (nSPS) is 29.3. The van der Waals surface area contributed by atoms with Crippen molar-refractivity contribution >= 4 is 5.91 Å². The highest BCUT2D eigenvalue weighted by Gasteiger charge is 2.28. The summed E-state index contributed by atoms with van der Waals surface area (Å²) in [6.07, 6.45) is 4.50. The third kappa shape index (κ3) is 3.67. The lowest BCUT2D eigenvalue weighted by molar-refractivity contribution is -0.136. The standard InChI is InChI=1S/C13H24N2O3/c16-7-4-12-3-1-2-6-15(12)13(17)9-11-10-18-8-5-14-11/h11-12,14,16H,1-10H2. The molecule has 0 aromatic rings. The Kier molecular flexibility index (Phi) is 5.41. The van der Waals surface area contributed by atoms with E-state index in [2.05, 4.69) is 5.32 Å². The van der Waals surface area contributed by atoms with E-state index in [1.165, 1.54) is 6.42 Å². The Hall–Kier alpha value is -0.650. The van der Waals surface area contributed by atoms with E-state index < -0.39 is 0 Å². The molecule has 2 heterocycles. The molecule has 2 fully saturated rings. The summed E-state index contributed by atoms with van der Waals surface area (Å²) in [5.74, 6) is 0.205. The summed E-state index contributed by atoms with van der Waals surface area (Å²) in [5, 5.41) is 12.4. The number of hydrogen-bond donors (Lipinski definition) is 2. The van der Waals surface area contributed by atoms with Gasteiger partial charge in [-0.15, -0.1) is 0 Å². The van der Waals surface area contributed by atoms with E-state index >= 15 is 0 Å². The summed E-state index contributed by atoms with van der Waals surface area (Å²) in [4.78, 5) is 14.3. The molecule has 0 spiro atoms. The van der Waals surface area contributed by atoms with Crippen LogP contribution in [0.5, 0.6) is 0 Å². The number of aliphatic hydroxyl groups excluding tert-OH is 1. The Labute approximate surface area is 108 Å². The number of ether oxygens (including phenoxy) is 1. The second-order valence-electron chi connectivity index (χ2n) is 5.18. The van der Waals surface area contributed by atoms with Crippen LogP contribution < -0.4 is 5.32 Å². The second-order valence-corrected chi connectivity index (χ2v) is 5.18. The number of likely N-dealkylation sites (tertiary alicyclic amines) is 1. The Bertz CT molecular complexity index is 265. The maximum atomic E-state index is 12.3. The number of nitrogens with zero attached hydrogens (tertiary/aromatic N) is 1. The van der Waals surface area contributed by atoms with Crippen molar-refractivity contribution in [1.29, 1.82) is 0 Å². The molecule has 2 atom stereocenters. The smallest absolute Gasteiger partial charge is 0.224 e. The van der Waals surface area contributed by atoms with Gasteiger partial charge in [-0.2, -0.15) is 0 Å². The monoisotopic (exact) mass is 256 g/mol. The predicted molar refractivity (Wildman–Crippen MR) is 68.3 cm³/mol. The summed E-state index contributed by atoms with van der Waals surface area (Å²) in [6.45, 7) is 3.21.